The minimum Gasteiger partial charge on any atom is -0.378 e. The number of sulfonamides is 1. The molecule has 1 aliphatic heterocycles. The number of nitro groups is 1. The summed E-state index contributed by atoms with van der Waals surface area (Å²) >= 11 is 0.892. The van der Waals surface area contributed by atoms with E-state index in [9.17, 15) is 18.5 Å². The lowest BCUT2D eigenvalue weighted by Crippen LogP contribution is -2.46. The van der Waals surface area contributed by atoms with Crippen LogP contribution in [-0.4, -0.2) is 50.0 Å². The number of thiophene rings is 1. The third-order valence-electron chi connectivity index (χ3n) is 3.09. The van der Waals surface area contributed by atoms with Crippen molar-refractivity contribution in [2.75, 3.05) is 31.6 Å². The highest BCUT2D eigenvalue weighted by molar-refractivity contribution is 7.91. The first-order chi connectivity index (χ1) is 9.87. The second kappa shape index (κ2) is 6.26. The molecule has 1 aromatic heterocycles. The molecule has 1 atom stereocenters. The normalized spacial score (nSPS) is 20.4. The molecule has 1 saturated heterocycles. The van der Waals surface area contributed by atoms with Crippen molar-refractivity contribution in [1.29, 1.82) is 0 Å². The number of rotatable bonds is 5. The molecule has 2 rings (SSSR count). The Kier molecular flexibility index (Phi) is 4.81. The number of ether oxygens (including phenoxy) is 1. The standard InChI is InChI=1S/C11H17N3O5S2/c1-3-12-11-9(14(15)16)6-10(20-11)21(17,18)13-4-5-19-7-8(13)2/h6,8,12H,3-5,7H2,1-2H3. The van der Waals surface area contributed by atoms with Crippen LogP contribution < -0.4 is 5.32 Å². The summed E-state index contributed by atoms with van der Waals surface area (Å²) in [5, 5.41) is 14.1. The molecule has 2 heterocycles. The monoisotopic (exact) mass is 335 g/mol. The van der Waals surface area contributed by atoms with Crippen molar-refractivity contribution < 1.29 is 18.1 Å². The molecule has 0 saturated carbocycles. The van der Waals surface area contributed by atoms with Crippen LogP contribution in [0.3, 0.4) is 0 Å². The van der Waals surface area contributed by atoms with Crippen LogP contribution in [-0.2, 0) is 14.8 Å². The van der Waals surface area contributed by atoms with Gasteiger partial charge in [0.05, 0.1) is 18.1 Å². The number of nitrogens with zero attached hydrogens (tertiary/aromatic N) is 2. The van der Waals surface area contributed by atoms with Crippen molar-refractivity contribution in [2.24, 2.45) is 0 Å². The SMILES string of the molecule is CCNc1sc(S(=O)(=O)N2CCOCC2C)cc1[N+](=O)[O-]. The van der Waals surface area contributed by atoms with Gasteiger partial charge in [-0.3, -0.25) is 10.1 Å². The fourth-order valence-electron chi connectivity index (χ4n) is 2.09. The second-order valence-electron chi connectivity index (χ2n) is 4.61. The predicted molar refractivity (Wildman–Crippen MR) is 79.3 cm³/mol. The molecule has 0 amide bonds. The third-order valence-corrected chi connectivity index (χ3v) is 6.64. The molecule has 21 heavy (non-hydrogen) atoms. The molecule has 1 N–H and O–H groups in total. The first kappa shape index (κ1) is 16.1. The molecule has 1 aliphatic rings. The molecule has 8 nitrogen and oxygen atoms in total. The summed E-state index contributed by atoms with van der Waals surface area (Å²) in [5.41, 5.74) is -0.207. The maximum absolute atomic E-state index is 12.6. The van der Waals surface area contributed by atoms with Crippen molar-refractivity contribution in [3.63, 3.8) is 0 Å². The van der Waals surface area contributed by atoms with E-state index >= 15 is 0 Å². The topological polar surface area (TPSA) is 102 Å². The molecule has 0 aliphatic carbocycles. The highest BCUT2D eigenvalue weighted by atomic mass is 32.2. The van der Waals surface area contributed by atoms with Crippen LogP contribution in [0.25, 0.3) is 0 Å². The Morgan fingerprint density at radius 1 is 1.62 bits per heavy atom. The Bertz CT molecular complexity index is 628. The van der Waals surface area contributed by atoms with E-state index in [1.807, 2.05) is 0 Å². The van der Waals surface area contributed by atoms with Gasteiger partial charge >= 0.3 is 5.69 Å². The average Bonchev–Trinajstić information content (AvgIpc) is 2.84. The molecule has 1 fully saturated rings. The van der Waals surface area contributed by atoms with E-state index in [1.165, 1.54) is 4.31 Å². The Morgan fingerprint density at radius 2 is 2.33 bits per heavy atom. The van der Waals surface area contributed by atoms with E-state index in [-0.39, 0.29) is 27.5 Å². The van der Waals surface area contributed by atoms with Crippen molar-refractivity contribution in [1.82, 2.24) is 4.31 Å². The fourth-order valence-corrected chi connectivity index (χ4v) is 5.22. The molecule has 0 radical (unpaired) electrons. The number of hydrogen-bond donors (Lipinski definition) is 1. The van der Waals surface area contributed by atoms with Gasteiger partial charge < -0.3 is 10.1 Å². The highest BCUT2D eigenvalue weighted by Gasteiger charge is 2.35. The largest absolute Gasteiger partial charge is 0.378 e. The highest BCUT2D eigenvalue weighted by Crippen LogP contribution is 2.38. The van der Waals surface area contributed by atoms with E-state index in [2.05, 4.69) is 5.32 Å². The first-order valence-electron chi connectivity index (χ1n) is 6.49. The zero-order chi connectivity index (χ0) is 15.6. The van der Waals surface area contributed by atoms with Crippen LogP contribution in [0.15, 0.2) is 10.3 Å². The zero-order valence-corrected chi connectivity index (χ0v) is 13.4. The lowest BCUT2D eigenvalue weighted by molar-refractivity contribution is -0.383. The summed E-state index contributed by atoms with van der Waals surface area (Å²) in [5.74, 6) is 0. The van der Waals surface area contributed by atoms with Gasteiger partial charge in [-0.05, 0) is 13.8 Å². The molecular formula is C11H17N3O5S2. The smallest absolute Gasteiger partial charge is 0.304 e. The Morgan fingerprint density at radius 3 is 2.90 bits per heavy atom. The van der Waals surface area contributed by atoms with Crippen LogP contribution in [0, 0.1) is 10.1 Å². The third kappa shape index (κ3) is 3.18. The summed E-state index contributed by atoms with van der Waals surface area (Å²) < 4.78 is 31.8. The molecule has 0 aromatic carbocycles. The van der Waals surface area contributed by atoms with Crippen LogP contribution in [0.2, 0.25) is 0 Å². The van der Waals surface area contributed by atoms with Crippen LogP contribution in [0.5, 0.6) is 0 Å². The second-order valence-corrected chi connectivity index (χ2v) is 7.78. The van der Waals surface area contributed by atoms with Gasteiger partial charge in [0.25, 0.3) is 10.0 Å². The summed E-state index contributed by atoms with van der Waals surface area (Å²) in [4.78, 5) is 10.4. The van der Waals surface area contributed by atoms with Gasteiger partial charge in [-0.1, -0.05) is 11.3 Å². The van der Waals surface area contributed by atoms with Crippen LogP contribution in [0.1, 0.15) is 13.8 Å². The van der Waals surface area contributed by atoms with Gasteiger partial charge in [-0.2, -0.15) is 4.31 Å². The number of hydrogen-bond acceptors (Lipinski definition) is 7. The zero-order valence-electron chi connectivity index (χ0n) is 11.7. The lowest BCUT2D eigenvalue weighted by atomic mass is 10.3. The van der Waals surface area contributed by atoms with Gasteiger partial charge in [0.1, 0.15) is 4.21 Å². The molecule has 10 heteroatoms. The predicted octanol–water partition coefficient (Wildman–Crippen LogP) is 1.50. The summed E-state index contributed by atoms with van der Waals surface area (Å²) in [6.07, 6.45) is 0. The van der Waals surface area contributed by atoms with E-state index in [0.29, 0.717) is 19.8 Å². The van der Waals surface area contributed by atoms with Crippen molar-refractivity contribution in [3.8, 4) is 0 Å². The Balaban J connectivity index is 2.40. The van der Waals surface area contributed by atoms with Gasteiger partial charge in [0.2, 0.25) is 0 Å². The molecule has 0 spiro atoms. The molecule has 1 unspecified atom stereocenters. The van der Waals surface area contributed by atoms with E-state index in [4.69, 9.17) is 4.74 Å². The van der Waals surface area contributed by atoms with Crippen LogP contribution >= 0.6 is 11.3 Å². The Labute approximate surface area is 126 Å². The molecular weight excluding hydrogens is 318 g/mol. The summed E-state index contributed by atoms with van der Waals surface area (Å²) in [6, 6.07) is 0.840. The van der Waals surface area contributed by atoms with E-state index in [1.54, 1.807) is 13.8 Å². The average molecular weight is 335 g/mol. The summed E-state index contributed by atoms with van der Waals surface area (Å²) in [6.45, 7) is 4.94. The first-order valence-corrected chi connectivity index (χ1v) is 8.75. The summed E-state index contributed by atoms with van der Waals surface area (Å²) in [7, 11) is -3.74. The number of anilines is 1. The van der Waals surface area contributed by atoms with E-state index < -0.39 is 14.9 Å². The number of nitrogens with one attached hydrogen (secondary N) is 1. The van der Waals surface area contributed by atoms with Gasteiger partial charge in [-0.15, -0.1) is 0 Å². The van der Waals surface area contributed by atoms with Gasteiger partial charge in [0, 0.05) is 25.2 Å². The molecule has 118 valence electrons. The van der Waals surface area contributed by atoms with Crippen molar-refractivity contribution in [2.45, 2.75) is 24.1 Å². The Hall–Kier alpha value is -1.23. The van der Waals surface area contributed by atoms with Crippen molar-refractivity contribution >= 4 is 32.0 Å². The maximum atomic E-state index is 12.6. The van der Waals surface area contributed by atoms with Gasteiger partial charge in [-0.25, -0.2) is 8.42 Å². The van der Waals surface area contributed by atoms with Crippen LogP contribution in [0.4, 0.5) is 10.7 Å². The molecule has 0 bridgehead atoms. The van der Waals surface area contributed by atoms with E-state index in [0.717, 1.165) is 17.4 Å². The lowest BCUT2D eigenvalue weighted by Gasteiger charge is -2.31. The quantitative estimate of drug-likeness (QED) is 0.646. The minimum absolute atomic E-state index is 0.0149. The van der Waals surface area contributed by atoms with Gasteiger partial charge in [0.15, 0.2) is 5.00 Å². The fraction of sp³-hybridized carbons (Fsp3) is 0.636. The number of morpholine rings is 1. The van der Waals surface area contributed by atoms with Crippen molar-refractivity contribution in [3.05, 3.63) is 16.2 Å². The maximum Gasteiger partial charge on any atom is 0.304 e. The minimum atomic E-state index is -3.74. The molecule has 1 aromatic rings.